The van der Waals surface area contributed by atoms with E-state index in [2.05, 4.69) is 5.32 Å². The maximum Gasteiger partial charge on any atom is 0.325 e. The van der Waals surface area contributed by atoms with Gasteiger partial charge in [-0.1, -0.05) is 19.3 Å². The van der Waals surface area contributed by atoms with Crippen LogP contribution in [0, 0.1) is 0 Å². The number of nitrogens with zero attached hydrogens (tertiary/aromatic N) is 2. The molecule has 2 aromatic rings. The van der Waals surface area contributed by atoms with Crippen molar-refractivity contribution >= 4 is 28.1 Å². The molecule has 6 heteroatoms. The molecule has 108 valence electrons. The highest BCUT2D eigenvalue weighted by Crippen LogP contribution is 2.37. The van der Waals surface area contributed by atoms with Gasteiger partial charge < -0.3 is 10.1 Å². The highest BCUT2D eigenvalue weighted by atomic mass is 32.1. The SMILES string of the molecule is COC(=O)CNc1c(C2CCCCC2)nc2sccn12. The molecule has 1 N–H and O–H groups in total. The third-order valence-electron chi connectivity index (χ3n) is 3.91. The topological polar surface area (TPSA) is 55.6 Å². The van der Waals surface area contributed by atoms with Gasteiger partial charge in [0.15, 0.2) is 4.96 Å². The molecule has 1 fully saturated rings. The number of fused-ring (bicyclic) bond motifs is 1. The Morgan fingerprint density at radius 2 is 2.30 bits per heavy atom. The van der Waals surface area contributed by atoms with Crippen LogP contribution in [0.3, 0.4) is 0 Å². The number of thiazole rings is 1. The van der Waals surface area contributed by atoms with Crippen LogP contribution in [0.15, 0.2) is 11.6 Å². The van der Waals surface area contributed by atoms with Gasteiger partial charge in [-0.15, -0.1) is 11.3 Å². The molecule has 0 aliphatic heterocycles. The number of hydrogen-bond donors (Lipinski definition) is 1. The number of hydrogen-bond acceptors (Lipinski definition) is 5. The molecule has 1 aliphatic rings. The lowest BCUT2D eigenvalue weighted by atomic mass is 9.87. The van der Waals surface area contributed by atoms with Crippen molar-refractivity contribution in [1.82, 2.24) is 9.38 Å². The summed E-state index contributed by atoms with van der Waals surface area (Å²) in [6.07, 6.45) is 8.25. The molecule has 5 nitrogen and oxygen atoms in total. The largest absolute Gasteiger partial charge is 0.468 e. The predicted octanol–water partition coefficient (Wildman–Crippen LogP) is 3.03. The Morgan fingerprint density at radius 1 is 1.50 bits per heavy atom. The van der Waals surface area contributed by atoms with E-state index in [4.69, 9.17) is 9.72 Å². The normalized spacial score (nSPS) is 16.4. The van der Waals surface area contributed by atoms with E-state index in [1.165, 1.54) is 39.2 Å². The molecular weight excluding hydrogens is 274 g/mol. The van der Waals surface area contributed by atoms with E-state index in [-0.39, 0.29) is 12.5 Å². The molecule has 3 rings (SSSR count). The Balaban J connectivity index is 1.89. The Hall–Kier alpha value is -1.56. The summed E-state index contributed by atoms with van der Waals surface area (Å²) in [5, 5.41) is 5.21. The van der Waals surface area contributed by atoms with Crippen molar-refractivity contribution in [3.63, 3.8) is 0 Å². The maximum absolute atomic E-state index is 11.4. The third kappa shape index (κ3) is 2.52. The van der Waals surface area contributed by atoms with Gasteiger partial charge in [0.05, 0.1) is 12.8 Å². The van der Waals surface area contributed by atoms with Gasteiger partial charge in [0.25, 0.3) is 0 Å². The number of rotatable bonds is 4. The van der Waals surface area contributed by atoms with Crippen LogP contribution in [-0.2, 0) is 9.53 Å². The van der Waals surface area contributed by atoms with Crippen molar-refractivity contribution in [1.29, 1.82) is 0 Å². The van der Waals surface area contributed by atoms with Crippen molar-refractivity contribution in [2.45, 2.75) is 38.0 Å². The molecule has 0 atom stereocenters. The summed E-state index contributed by atoms with van der Waals surface area (Å²) in [5.74, 6) is 1.21. The quantitative estimate of drug-likeness (QED) is 0.880. The minimum Gasteiger partial charge on any atom is -0.468 e. The molecule has 0 saturated heterocycles. The molecule has 0 amide bonds. The number of carbonyl (C=O) groups is 1. The number of imidazole rings is 1. The van der Waals surface area contributed by atoms with Gasteiger partial charge in [-0.2, -0.15) is 0 Å². The highest BCUT2D eigenvalue weighted by Gasteiger charge is 2.24. The van der Waals surface area contributed by atoms with E-state index >= 15 is 0 Å². The predicted molar refractivity (Wildman–Crippen MR) is 79.4 cm³/mol. The van der Waals surface area contributed by atoms with Crippen LogP contribution in [0.4, 0.5) is 5.82 Å². The Bertz CT molecular complexity index is 599. The summed E-state index contributed by atoms with van der Waals surface area (Å²) in [7, 11) is 1.41. The van der Waals surface area contributed by atoms with Gasteiger partial charge in [-0.05, 0) is 12.8 Å². The average molecular weight is 293 g/mol. The van der Waals surface area contributed by atoms with Crippen LogP contribution in [0.5, 0.6) is 0 Å². The Labute approximate surface area is 122 Å². The van der Waals surface area contributed by atoms with Crippen molar-refractivity contribution in [2.75, 3.05) is 19.0 Å². The molecule has 0 bridgehead atoms. The fourth-order valence-electron chi connectivity index (χ4n) is 2.87. The molecular formula is C14H19N3O2S. The van der Waals surface area contributed by atoms with Crippen LogP contribution in [0.2, 0.25) is 0 Å². The summed E-state index contributed by atoms with van der Waals surface area (Å²) >= 11 is 1.62. The molecule has 0 spiro atoms. The number of ether oxygens (including phenoxy) is 1. The number of aromatic nitrogens is 2. The summed E-state index contributed by atoms with van der Waals surface area (Å²) in [4.78, 5) is 17.1. The standard InChI is InChI=1S/C14H19N3O2S/c1-19-11(18)9-15-13-12(10-5-3-2-4-6-10)16-14-17(13)7-8-20-14/h7-8,10,15H,2-6,9H2,1H3. The van der Waals surface area contributed by atoms with Crippen molar-refractivity contribution < 1.29 is 9.53 Å². The second-order valence-electron chi connectivity index (χ2n) is 5.17. The van der Waals surface area contributed by atoms with Gasteiger partial charge in [0.2, 0.25) is 0 Å². The monoisotopic (exact) mass is 293 g/mol. The summed E-state index contributed by atoms with van der Waals surface area (Å²) < 4.78 is 6.74. The molecule has 2 aromatic heterocycles. The molecule has 0 radical (unpaired) electrons. The lowest BCUT2D eigenvalue weighted by Crippen LogP contribution is -2.17. The van der Waals surface area contributed by atoms with Crippen LogP contribution in [0.1, 0.15) is 43.7 Å². The van der Waals surface area contributed by atoms with Crippen LogP contribution >= 0.6 is 11.3 Å². The minimum absolute atomic E-state index is 0.180. The Morgan fingerprint density at radius 3 is 3.05 bits per heavy atom. The van der Waals surface area contributed by atoms with Gasteiger partial charge in [0, 0.05) is 17.5 Å². The molecule has 2 heterocycles. The van der Waals surface area contributed by atoms with Crippen LogP contribution < -0.4 is 5.32 Å². The molecule has 0 unspecified atom stereocenters. The number of esters is 1. The first kappa shape index (κ1) is 13.4. The fourth-order valence-corrected chi connectivity index (χ4v) is 3.59. The lowest BCUT2D eigenvalue weighted by molar-refractivity contribution is -0.138. The number of anilines is 1. The molecule has 1 aliphatic carbocycles. The highest BCUT2D eigenvalue weighted by molar-refractivity contribution is 7.15. The summed E-state index contributed by atoms with van der Waals surface area (Å²) in [5.41, 5.74) is 1.11. The first-order valence-electron chi connectivity index (χ1n) is 7.05. The van der Waals surface area contributed by atoms with Crippen molar-refractivity contribution in [3.8, 4) is 0 Å². The first-order chi connectivity index (χ1) is 9.79. The number of methoxy groups -OCH3 is 1. The van der Waals surface area contributed by atoms with Gasteiger partial charge >= 0.3 is 5.97 Å². The average Bonchev–Trinajstić information content (AvgIpc) is 3.06. The number of carbonyl (C=O) groups excluding carboxylic acids is 1. The second-order valence-corrected chi connectivity index (χ2v) is 6.04. The van der Waals surface area contributed by atoms with Crippen LogP contribution in [-0.4, -0.2) is 29.0 Å². The van der Waals surface area contributed by atoms with Gasteiger partial charge in [-0.25, -0.2) is 4.98 Å². The van der Waals surface area contributed by atoms with Gasteiger partial charge in [-0.3, -0.25) is 9.20 Å². The summed E-state index contributed by atoms with van der Waals surface area (Å²) in [6.45, 7) is 0.180. The molecule has 1 saturated carbocycles. The maximum atomic E-state index is 11.4. The summed E-state index contributed by atoms with van der Waals surface area (Å²) in [6, 6.07) is 0. The Kier molecular flexibility index (Phi) is 3.91. The zero-order chi connectivity index (χ0) is 13.9. The van der Waals surface area contributed by atoms with E-state index in [9.17, 15) is 4.79 Å². The fraction of sp³-hybridized carbons (Fsp3) is 0.571. The van der Waals surface area contributed by atoms with E-state index in [1.807, 2.05) is 16.0 Å². The first-order valence-corrected chi connectivity index (χ1v) is 7.93. The molecule has 0 aromatic carbocycles. The lowest BCUT2D eigenvalue weighted by Gasteiger charge is -2.21. The van der Waals surface area contributed by atoms with E-state index in [0.29, 0.717) is 5.92 Å². The second kappa shape index (κ2) is 5.83. The van der Waals surface area contributed by atoms with Gasteiger partial charge in [0.1, 0.15) is 12.4 Å². The zero-order valence-electron chi connectivity index (χ0n) is 11.6. The van der Waals surface area contributed by atoms with E-state index < -0.39 is 0 Å². The van der Waals surface area contributed by atoms with E-state index in [0.717, 1.165) is 16.5 Å². The minimum atomic E-state index is -0.259. The zero-order valence-corrected chi connectivity index (χ0v) is 12.4. The molecule has 20 heavy (non-hydrogen) atoms. The van der Waals surface area contributed by atoms with Crippen LogP contribution in [0.25, 0.3) is 4.96 Å². The van der Waals surface area contributed by atoms with Crippen molar-refractivity contribution in [3.05, 3.63) is 17.3 Å². The third-order valence-corrected chi connectivity index (χ3v) is 4.67. The van der Waals surface area contributed by atoms with Crippen molar-refractivity contribution in [2.24, 2.45) is 0 Å². The smallest absolute Gasteiger partial charge is 0.325 e. The number of nitrogens with one attached hydrogen (secondary N) is 1. The van der Waals surface area contributed by atoms with E-state index in [1.54, 1.807) is 11.3 Å².